The topological polar surface area (TPSA) is 67.3 Å². The van der Waals surface area contributed by atoms with E-state index >= 15 is 0 Å². The number of fused-ring (bicyclic) bond motifs is 1. The molecule has 23 heavy (non-hydrogen) atoms. The van der Waals surface area contributed by atoms with Crippen molar-refractivity contribution in [2.75, 3.05) is 18.0 Å². The highest BCUT2D eigenvalue weighted by molar-refractivity contribution is 5.75. The van der Waals surface area contributed by atoms with Crippen LogP contribution < -0.4 is 4.90 Å². The van der Waals surface area contributed by atoms with Crippen LogP contribution in [0.5, 0.6) is 0 Å². The van der Waals surface area contributed by atoms with Crippen molar-refractivity contribution in [1.82, 2.24) is 14.8 Å². The largest absolute Gasteiger partial charge is 0.423 e. The molecule has 0 atom stereocenters. The lowest BCUT2D eigenvalue weighted by Gasteiger charge is -2.37. The maximum absolute atomic E-state index is 13.7. The van der Waals surface area contributed by atoms with Gasteiger partial charge >= 0.3 is 0 Å². The predicted octanol–water partition coefficient (Wildman–Crippen LogP) is 2.19. The third kappa shape index (κ3) is 2.28. The van der Waals surface area contributed by atoms with Gasteiger partial charge in [0.25, 0.3) is 6.01 Å². The van der Waals surface area contributed by atoms with E-state index in [0.717, 1.165) is 5.69 Å². The molecule has 0 radical (unpaired) electrons. The number of aryl methyl sites for hydroxylation is 1. The van der Waals surface area contributed by atoms with Crippen molar-refractivity contribution < 1.29 is 13.9 Å². The summed E-state index contributed by atoms with van der Waals surface area (Å²) in [5, 5.41) is 15.0. The van der Waals surface area contributed by atoms with E-state index in [1.54, 1.807) is 23.0 Å². The van der Waals surface area contributed by atoms with E-state index in [1.165, 1.54) is 6.07 Å². The quantitative estimate of drug-likeness (QED) is 0.785. The number of oxazole rings is 1. The Morgan fingerprint density at radius 1 is 1.26 bits per heavy atom. The lowest BCUT2D eigenvalue weighted by Crippen LogP contribution is -2.43. The molecule has 6 nitrogen and oxygen atoms in total. The van der Waals surface area contributed by atoms with Gasteiger partial charge in [-0.15, -0.1) is 0 Å². The van der Waals surface area contributed by atoms with Crippen LogP contribution >= 0.6 is 0 Å². The number of aliphatic hydroxyl groups is 1. The third-order valence-corrected chi connectivity index (χ3v) is 4.52. The van der Waals surface area contributed by atoms with E-state index in [-0.39, 0.29) is 11.3 Å². The molecule has 2 aromatic heterocycles. The third-order valence-electron chi connectivity index (χ3n) is 4.52. The fraction of sp³-hybridized carbons (Fsp3) is 0.375. The molecule has 1 aliphatic rings. The van der Waals surface area contributed by atoms with Crippen LogP contribution in [0.1, 0.15) is 18.5 Å². The average molecular weight is 316 g/mol. The first-order valence-corrected chi connectivity index (χ1v) is 7.58. The van der Waals surface area contributed by atoms with Crippen LogP contribution in [0.3, 0.4) is 0 Å². The Labute approximate surface area is 132 Å². The summed E-state index contributed by atoms with van der Waals surface area (Å²) in [4.78, 5) is 6.18. The van der Waals surface area contributed by atoms with Gasteiger partial charge in [0.1, 0.15) is 11.1 Å². The molecule has 0 bridgehead atoms. The molecule has 3 aromatic rings. The van der Waals surface area contributed by atoms with Gasteiger partial charge in [-0.1, -0.05) is 6.07 Å². The molecular formula is C16H17FN4O2. The van der Waals surface area contributed by atoms with Crippen LogP contribution in [0.15, 0.2) is 34.9 Å². The van der Waals surface area contributed by atoms with Gasteiger partial charge in [-0.2, -0.15) is 10.1 Å². The zero-order valence-corrected chi connectivity index (χ0v) is 12.7. The summed E-state index contributed by atoms with van der Waals surface area (Å²) in [7, 11) is 1.82. The van der Waals surface area contributed by atoms with Crippen molar-refractivity contribution in [1.29, 1.82) is 0 Å². The first-order valence-electron chi connectivity index (χ1n) is 7.58. The number of aromatic nitrogens is 3. The molecule has 120 valence electrons. The highest BCUT2D eigenvalue weighted by atomic mass is 19.1. The summed E-state index contributed by atoms with van der Waals surface area (Å²) in [5.41, 5.74) is 0.585. The Balaban J connectivity index is 1.57. The Morgan fingerprint density at radius 2 is 2.04 bits per heavy atom. The van der Waals surface area contributed by atoms with Gasteiger partial charge in [-0.05, 0) is 31.0 Å². The number of rotatable bonds is 2. The first-order chi connectivity index (χ1) is 11.1. The van der Waals surface area contributed by atoms with Gasteiger partial charge in [0.15, 0.2) is 11.4 Å². The molecule has 1 aromatic carbocycles. The lowest BCUT2D eigenvalue weighted by atomic mass is 9.88. The van der Waals surface area contributed by atoms with Crippen molar-refractivity contribution in [3.63, 3.8) is 0 Å². The first kappa shape index (κ1) is 14.2. The normalized spacial score (nSPS) is 17.8. The number of hydrogen-bond acceptors (Lipinski definition) is 5. The maximum Gasteiger partial charge on any atom is 0.298 e. The molecule has 0 saturated carbocycles. The second kappa shape index (κ2) is 5.06. The van der Waals surface area contributed by atoms with Crippen LogP contribution in [0.25, 0.3) is 11.1 Å². The predicted molar refractivity (Wildman–Crippen MR) is 82.5 cm³/mol. The Bertz CT molecular complexity index is 849. The number of anilines is 1. The van der Waals surface area contributed by atoms with Crippen molar-refractivity contribution in [3.05, 3.63) is 42.0 Å². The SMILES string of the molecule is Cn1nccc1C1(O)CCN(c2nc3c(F)cccc3o2)CC1. The number of nitrogens with zero attached hydrogens (tertiary/aromatic N) is 4. The van der Waals surface area contributed by atoms with Crippen molar-refractivity contribution in [2.24, 2.45) is 7.05 Å². The highest BCUT2D eigenvalue weighted by Crippen LogP contribution is 2.34. The van der Waals surface area contributed by atoms with Gasteiger partial charge in [-0.3, -0.25) is 4.68 Å². The minimum atomic E-state index is -0.904. The Hall–Kier alpha value is -2.41. The van der Waals surface area contributed by atoms with E-state index in [4.69, 9.17) is 4.42 Å². The molecule has 0 spiro atoms. The molecule has 1 saturated heterocycles. The number of piperidine rings is 1. The van der Waals surface area contributed by atoms with E-state index in [2.05, 4.69) is 10.1 Å². The monoisotopic (exact) mass is 316 g/mol. The summed E-state index contributed by atoms with van der Waals surface area (Å²) in [6, 6.07) is 6.91. The Morgan fingerprint density at radius 3 is 2.70 bits per heavy atom. The summed E-state index contributed by atoms with van der Waals surface area (Å²) in [6.07, 6.45) is 2.75. The van der Waals surface area contributed by atoms with Gasteiger partial charge < -0.3 is 14.4 Å². The van der Waals surface area contributed by atoms with Gasteiger partial charge in [0, 0.05) is 26.3 Å². The molecule has 3 heterocycles. The summed E-state index contributed by atoms with van der Waals surface area (Å²) >= 11 is 0. The molecule has 0 aliphatic carbocycles. The van der Waals surface area contributed by atoms with Crippen LogP contribution in [0, 0.1) is 5.82 Å². The van der Waals surface area contributed by atoms with Crippen LogP contribution in [0.2, 0.25) is 0 Å². The number of benzene rings is 1. The van der Waals surface area contributed by atoms with E-state index < -0.39 is 5.60 Å². The molecule has 4 rings (SSSR count). The van der Waals surface area contributed by atoms with E-state index in [9.17, 15) is 9.50 Å². The Kier molecular flexibility index (Phi) is 3.12. The average Bonchev–Trinajstić information content (AvgIpc) is 3.15. The summed E-state index contributed by atoms with van der Waals surface area (Å²) in [5.74, 6) is -0.388. The van der Waals surface area contributed by atoms with Crippen LogP contribution in [0.4, 0.5) is 10.4 Å². The highest BCUT2D eigenvalue weighted by Gasteiger charge is 2.37. The number of para-hydroxylation sites is 1. The zero-order chi connectivity index (χ0) is 16.0. The second-order valence-electron chi connectivity index (χ2n) is 5.94. The lowest BCUT2D eigenvalue weighted by molar-refractivity contribution is 0.00348. The molecule has 7 heteroatoms. The number of hydrogen-bond donors (Lipinski definition) is 1. The molecule has 1 aliphatic heterocycles. The summed E-state index contributed by atoms with van der Waals surface area (Å²) < 4.78 is 21.1. The smallest absolute Gasteiger partial charge is 0.298 e. The van der Waals surface area contributed by atoms with Crippen LogP contribution in [-0.4, -0.2) is 33.0 Å². The molecule has 0 amide bonds. The summed E-state index contributed by atoms with van der Waals surface area (Å²) in [6.45, 7) is 1.16. The number of halogens is 1. The standard InChI is InChI=1S/C16H17FN4O2/c1-20-13(5-8-18-20)16(22)6-9-21(10-7-16)15-19-14-11(17)3-2-4-12(14)23-15/h2-5,8,22H,6-7,9-10H2,1H3. The van der Waals surface area contributed by atoms with E-state index in [1.807, 2.05) is 18.0 Å². The van der Waals surface area contributed by atoms with E-state index in [0.29, 0.717) is 37.5 Å². The molecule has 1 N–H and O–H groups in total. The molecule has 1 fully saturated rings. The maximum atomic E-state index is 13.7. The fourth-order valence-corrected chi connectivity index (χ4v) is 3.19. The molecule has 0 unspecified atom stereocenters. The minimum absolute atomic E-state index is 0.245. The van der Waals surface area contributed by atoms with Gasteiger partial charge in [0.05, 0.1) is 5.69 Å². The van der Waals surface area contributed by atoms with Crippen LogP contribution in [-0.2, 0) is 12.6 Å². The van der Waals surface area contributed by atoms with Crippen molar-refractivity contribution in [2.45, 2.75) is 18.4 Å². The zero-order valence-electron chi connectivity index (χ0n) is 12.7. The fourth-order valence-electron chi connectivity index (χ4n) is 3.19. The second-order valence-corrected chi connectivity index (χ2v) is 5.94. The van der Waals surface area contributed by atoms with Gasteiger partial charge in [-0.25, -0.2) is 4.39 Å². The van der Waals surface area contributed by atoms with Gasteiger partial charge in [0.2, 0.25) is 0 Å². The minimum Gasteiger partial charge on any atom is -0.423 e. The van der Waals surface area contributed by atoms with Crippen molar-refractivity contribution >= 4 is 17.1 Å². The molecular weight excluding hydrogens is 299 g/mol. The van der Waals surface area contributed by atoms with Crippen molar-refractivity contribution in [3.8, 4) is 0 Å².